The third-order valence-electron chi connectivity index (χ3n) is 5.40. The first-order valence-electron chi connectivity index (χ1n) is 9.60. The monoisotopic (exact) mass is 387 g/mol. The smallest absolute Gasteiger partial charge is 0.339 e. The summed E-state index contributed by atoms with van der Waals surface area (Å²) in [7, 11) is 0. The van der Waals surface area contributed by atoms with Crippen molar-refractivity contribution in [3.05, 3.63) is 39.7 Å². The van der Waals surface area contributed by atoms with E-state index in [0.717, 1.165) is 35.8 Å². The van der Waals surface area contributed by atoms with Crippen LogP contribution in [-0.2, 0) is 22.4 Å². The molecule has 3 atom stereocenters. The molecule has 3 rings (SSSR count). The fourth-order valence-corrected chi connectivity index (χ4v) is 3.55. The minimum Gasteiger partial charge on any atom is -0.481 e. The molecule has 1 aliphatic carbocycles. The Morgan fingerprint density at radius 3 is 2.64 bits per heavy atom. The zero-order valence-corrected chi connectivity index (χ0v) is 16.3. The van der Waals surface area contributed by atoms with Gasteiger partial charge in [-0.05, 0) is 49.8 Å². The zero-order valence-electron chi connectivity index (χ0n) is 16.3. The number of ether oxygens (including phenoxy) is 1. The SMILES string of the molecule is CC[C@H](C)[C@@H](NC(=O)C(C)Oc1ccc2c3c(c(=O)oc2c1)CCC3)C(=O)O. The zero-order chi connectivity index (χ0) is 20.4. The van der Waals surface area contributed by atoms with E-state index in [4.69, 9.17) is 9.15 Å². The average Bonchev–Trinajstić information content (AvgIpc) is 3.15. The molecule has 1 heterocycles. The molecule has 7 nitrogen and oxygen atoms in total. The molecule has 2 aromatic rings. The summed E-state index contributed by atoms with van der Waals surface area (Å²) in [5.74, 6) is -1.41. The van der Waals surface area contributed by atoms with E-state index in [1.807, 2.05) is 13.0 Å². The molecule has 0 saturated carbocycles. The molecule has 1 aromatic carbocycles. The van der Waals surface area contributed by atoms with Gasteiger partial charge < -0.3 is 19.6 Å². The number of benzene rings is 1. The first kappa shape index (κ1) is 19.9. The van der Waals surface area contributed by atoms with Crippen LogP contribution in [0.15, 0.2) is 27.4 Å². The van der Waals surface area contributed by atoms with E-state index >= 15 is 0 Å². The number of aliphatic carboxylic acids is 1. The van der Waals surface area contributed by atoms with Crippen LogP contribution in [0.3, 0.4) is 0 Å². The van der Waals surface area contributed by atoms with Gasteiger partial charge in [-0.1, -0.05) is 20.3 Å². The van der Waals surface area contributed by atoms with Gasteiger partial charge in [0.25, 0.3) is 5.91 Å². The number of nitrogens with one attached hydrogen (secondary N) is 1. The molecule has 2 N–H and O–H groups in total. The van der Waals surface area contributed by atoms with E-state index in [1.54, 1.807) is 26.0 Å². The Balaban J connectivity index is 1.76. The van der Waals surface area contributed by atoms with Crippen molar-refractivity contribution in [3.8, 4) is 5.75 Å². The Morgan fingerprint density at radius 1 is 1.25 bits per heavy atom. The quantitative estimate of drug-likeness (QED) is 0.708. The Hall–Kier alpha value is -2.83. The molecule has 0 bridgehead atoms. The van der Waals surface area contributed by atoms with Gasteiger partial charge in [0, 0.05) is 17.0 Å². The summed E-state index contributed by atoms with van der Waals surface area (Å²) in [6, 6.07) is 4.19. The predicted octanol–water partition coefficient (Wildman–Crippen LogP) is 2.66. The second-order valence-electron chi connectivity index (χ2n) is 7.33. The number of carbonyl (C=O) groups is 2. The highest BCUT2D eigenvalue weighted by Gasteiger charge is 2.28. The minimum atomic E-state index is -1.07. The molecule has 0 saturated heterocycles. The molecule has 1 amide bonds. The van der Waals surface area contributed by atoms with E-state index in [0.29, 0.717) is 17.8 Å². The van der Waals surface area contributed by atoms with E-state index in [-0.39, 0.29) is 11.5 Å². The van der Waals surface area contributed by atoms with Crippen molar-refractivity contribution in [2.75, 3.05) is 0 Å². The molecule has 1 aromatic heterocycles. The van der Waals surface area contributed by atoms with Crippen LogP contribution < -0.4 is 15.7 Å². The number of hydrogen-bond acceptors (Lipinski definition) is 5. The summed E-state index contributed by atoms with van der Waals surface area (Å²) < 4.78 is 11.1. The van der Waals surface area contributed by atoms with Gasteiger partial charge in [-0.2, -0.15) is 0 Å². The fraction of sp³-hybridized carbons (Fsp3) is 0.476. The van der Waals surface area contributed by atoms with Gasteiger partial charge in [0.05, 0.1) is 0 Å². The molecule has 1 unspecified atom stereocenters. The summed E-state index contributed by atoms with van der Waals surface area (Å²) in [6.45, 7) is 5.19. The van der Waals surface area contributed by atoms with Gasteiger partial charge in [-0.3, -0.25) is 4.79 Å². The van der Waals surface area contributed by atoms with Crippen LogP contribution in [0.4, 0.5) is 0 Å². The lowest BCUT2D eigenvalue weighted by Crippen LogP contribution is -2.49. The molecule has 28 heavy (non-hydrogen) atoms. The van der Waals surface area contributed by atoms with Gasteiger partial charge in [0.15, 0.2) is 6.10 Å². The molecule has 0 radical (unpaired) electrons. The number of amides is 1. The predicted molar refractivity (Wildman–Crippen MR) is 104 cm³/mol. The summed E-state index contributed by atoms with van der Waals surface area (Å²) in [4.78, 5) is 35.9. The van der Waals surface area contributed by atoms with E-state index in [2.05, 4.69) is 5.32 Å². The lowest BCUT2D eigenvalue weighted by atomic mass is 9.99. The molecule has 0 fully saturated rings. The molecular weight excluding hydrogens is 362 g/mol. The highest BCUT2D eigenvalue weighted by molar-refractivity contribution is 5.87. The Kier molecular flexibility index (Phi) is 5.72. The molecule has 7 heteroatoms. The first-order chi connectivity index (χ1) is 13.3. The summed E-state index contributed by atoms with van der Waals surface area (Å²) in [6.07, 6.45) is 2.26. The largest absolute Gasteiger partial charge is 0.481 e. The van der Waals surface area contributed by atoms with Gasteiger partial charge in [0.1, 0.15) is 17.4 Å². The summed E-state index contributed by atoms with van der Waals surface area (Å²) >= 11 is 0. The maximum Gasteiger partial charge on any atom is 0.339 e. The Bertz CT molecular complexity index is 963. The van der Waals surface area contributed by atoms with Crippen LogP contribution in [-0.4, -0.2) is 29.1 Å². The third-order valence-corrected chi connectivity index (χ3v) is 5.40. The highest BCUT2D eigenvalue weighted by atomic mass is 16.5. The summed E-state index contributed by atoms with van der Waals surface area (Å²) in [5, 5.41) is 12.7. The maximum absolute atomic E-state index is 12.4. The maximum atomic E-state index is 12.4. The topological polar surface area (TPSA) is 106 Å². The molecule has 0 spiro atoms. The average molecular weight is 387 g/mol. The van der Waals surface area contributed by atoms with Gasteiger partial charge in [-0.25, -0.2) is 9.59 Å². The lowest BCUT2D eigenvalue weighted by Gasteiger charge is -2.22. The van der Waals surface area contributed by atoms with E-state index in [1.165, 1.54) is 0 Å². The van der Waals surface area contributed by atoms with E-state index < -0.39 is 24.0 Å². The van der Waals surface area contributed by atoms with Crippen molar-refractivity contribution >= 4 is 22.8 Å². The lowest BCUT2D eigenvalue weighted by molar-refractivity contribution is -0.144. The molecule has 0 aliphatic heterocycles. The van der Waals surface area contributed by atoms with Crippen LogP contribution in [0.1, 0.15) is 44.7 Å². The first-order valence-corrected chi connectivity index (χ1v) is 9.60. The number of fused-ring (bicyclic) bond motifs is 3. The number of aryl methyl sites for hydroxylation is 1. The Morgan fingerprint density at radius 2 is 1.96 bits per heavy atom. The summed E-state index contributed by atoms with van der Waals surface area (Å²) in [5.41, 5.74) is 1.89. The number of carboxylic acids is 1. The van der Waals surface area contributed by atoms with Crippen LogP contribution in [0, 0.1) is 5.92 Å². The van der Waals surface area contributed by atoms with Gasteiger partial charge in [0.2, 0.25) is 0 Å². The molecular formula is C21H25NO6. The van der Waals surface area contributed by atoms with Crippen LogP contribution in [0.25, 0.3) is 11.0 Å². The number of hydrogen-bond donors (Lipinski definition) is 2. The highest BCUT2D eigenvalue weighted by Crippen LogP contribution is 2.29. The van der Waals surface area contributed by atoms with Gasteiger partial charge in [-0.15, -0.1) is 0 Å². The van der Waals surface area contributed by atoms with Crippen LogP contribution in [0.5, 0.6) is 5.75 Å². The molecule has 1 aliphatic rings. The number of carboxylic acid groups (broad SMARTS) is 1. The van der Waals surface area contributed by atoms with Crippen molar-refractivity contribution in [1.82, 2.24) is 5.32 Å². The normalized spacial score (nSPS) is 16.2. The number of rotatable bonds is 7. The van der Waals surface area contributed by atoms with Crippen molar-refractivity contribution in [2.24, 2.45) is 5.92 Å². The van der Waals surface area contributed by atoms with Crippen LogP contribution >= 0.6 is 0 Å². The number of carbonyl (C=O) groups excluding carboxylic acids is 1. The second kappa shape index (κ2) is 8.04. The van der Waals surface area contributed by atoms with Crippen molar-refractivity contribution < 1.29 is 23.8 Å². The Labute approximate surface area is 162 Å². The van der Waals surface area contributed by atoms with Crippen molar-refractivity contribution in [3.63, 3.8) is 0 Å². The van der Waals surface area contributed by atoms with Crippen molar-refractivity contribution in [2.45, 2.75) is 58.6 Å². The molecule has 150 valence electrons. The fourth-order valence-electron chi connectivity index (χ4n) is 3.55. The second-order valence-corrected chi connectivity index (χ2v) is 7.33. The van der Waals surface area contributed by atoms with E-state index in [9.17, 15) is 19.5 Å². The standard InChI is InChI=1S/C21H25NO6/c1-4-11(2)18(20(24)25)22-19(23)12(3)27-13-8-9-15-14-6-5-7-16(14)21(26)28-17(15)10-13/h8-12,18H,4-7H2,1-3H3,(H,22,23)(H,24,25)/t11-,12?,18+/m0/s1. The van der Waals surface area contributed by atoms with Gasteiger partial charge >= 0.3 is 11.6 Å². The van der Waals surface area contributed by atoms with Crippen LogP contribution in [0.2, 0.25) is 0 Å². The minimum absolute atomic E-state index is 0.203. The van der Waals surface area contributed by atoms with Crippen molar-refractivity contribution in [1.29, 1.82) is 0 Å². The third kappa shape index (κ3) is 3.88.